The Bertz CT molecular complexity index is 1340. The van der Waals surface area contributed by atoms with Gasteiger partial charge in [0.1, 0.15) is 13.2 Å². The number of fused-ring (bicyclic) bond motifs is 1. The van der Waals surface area contributed by atoms with E-state index in [2.05, 4.69) is 0 Å². The van der Waals surface area contributed by atoms with E-state index in [9.17, 15) is 18.4 Å². The lowest BCUT2D eigenvalue weighted by atomic mass is 10.1. The van der Waals surface area contributed by atoms with Crippen molar-refractivity contribution in [3.05, 3.63) is 82.6 Å². The maximum absolute atomic E-state index is 13.8. The number of methoxy groups -OCH3 is 2. The van der Waals surface area contributed by atoms with Crippen LogP contribution >= 0.6 is 0 Å². The van der Waals surface area contributed by atoms with Gasteiger partial charge in [0.15, 0.2) is 23.0 Å². The largest absolute Gasteiger partial charge is 0.759 e. The topological polar surface area (TPSA) is 126 Å². The van der Waals surface area contributed by atoms with Gasteiger partial charge >= 0.3 is 0 Å². The second-order valence-corrected chi connectivity index (χ2v) is 9.83. The summed E-state index contributed by atoms with van der Waals surface area (Å²) in [4.78, 5) is 11.6. The summed E-state index contributed by atoms with van der Waals surface area (Å²) in [5, 5.41) is 10.7. The fourth-order valence-electron chi connectivity index (χ4n) is 3.77. The van der Waals surface area contributed by atoms with Crippen molar-refractivity contribution in [3.63, 3.8) is 0 Å². The van der Waals surface area contributed by atoms with Crippen molar-refractivity contribution in [2.45, 2.75) is 18.0 Å². The number of carbonyl (C=O) groups excluding carboxylic acids is 1. The van der Waals surface area contributed by atoms with Crippen LogP contribution in [0.25, 0.3) is 0 Å². The number of amides is 1. The lowest BCUT2D eigenvalue weighted by Crippen LogP contribution is -2.30. The highest BCUT2D eigenvalue weighted by atomic mass is 32.2. The molecule has 0 aliphatic carbocycles. The predicted octanol–water partition coefficient (Wildman–Crippen LogP) is 3.09. The lowest BCUT2D eigenvalue weighted by molar-refractivity contribution is 0.0970. The molecule has 0 atom stereocenters. The van der Waals surface area contributed by atoms with Gasteiger partial charge in [0, 0.05) is 24.7 Å². The van der Waals surface area contributed by atoms with Crippen LogP contribution in [0, 0.1) is 5.21 Å². The number of benzene rings is 3. The minimum absolute atomic E-state index is 0.00436. The van der Waals surface area contributed by atoms with Crippen LogP contribution < -0.4 is 24.4 Å². The van der Waals surface area contributed by atoms with Crippen molar-refractivity contribution < 1.29 is 32.2 Å². The third-order valence-corrected chi connectivity index (χ3v) is 7.41. The Balaban J connectivity index is 1.69. The minimum Gasteiger partial charge on any atom is -0.759 e. The molecule has 36 heavy (non-hydrogen) atoms. The average Bonchev–Trinajstić information content (AvgIpc) is 2.92. The summed E-state index contributed by atoms with van der Waals surface area (Å²) in [6.07, 6.45) is 0. The van der Waals surface area contributed by atoms with Gasteiger partial charge in [0.05, 0.1) is 19.1 Å². The minimum atomic E-state index is -4.00. The molecule has 3 aromatic carbocycles. The zero-order valence-corrected chi connectivity index (χ0v) is 20.5. The van der Waals surface area contributed by atoms with Crippen LogP contribution in [0.2, 0.25) is 0 Å². The first-order valence-electron chi connectivity index (χ1n) is 11.0. The highest BCUT2D eigenvalue weighted by Gasteiger charge is 2.27. The zero-order chi connectivity index (χ0) is 25.7. The van der Waals surface area contributed by atoms with Crippen LogP contribution in [0.5, 0.6) is 23.0 Å². The molecule has 4 rings (SSSR count). The SMILES string of the molecule is COc1ccc(CN(Cc2ccc(C(=O)N[O-])cc2)S(=O)(=O)c2ccc3c(c2)OCCO3)cc1OC. The second kappa shape index (κ2) is 10.9. The van der Waals surface area contributed by atoms with E-state index in [1.54, 1.807) is 36.4 Å². The number of nitrogens with zero attached hydrogens (tertiary/aromatic N) is 1. The predicted molar refractivity (Wildman–Crippen MR) is 131 cm³/mol. The number of ether oxygens (including phenoxy) is 4. The Morgan fingerprint density at radius 3 is 2.19 bits per heavy atom. The summed E-state index contributed by atoms with van der Waals surface area (Å²) in [5.41, 5.74) is 2.80. The summed E-state index contributed by atoms with van der Waals surface area (Å²) < 4.78 is 50.6. The molecule has 0 saturated heterocycles. The quantitative estimate of drug-likeness (QED) is 0.433. The molecule has 0 radical (unpaired) electrons. The number of nitrogens with one attached hydrogen (secondary N) is 1. The zero-order valence-electron chi connectivity index (χ0n) is 19.7. The van der Waals surface area contributed by atoms with Gasteiger partial charge in [0.25, 0.3) is 0 Å². The first-order valence-corrected chi connectivity index (χ1v) is 12.4. The molecule has 1 aliphatic rings. The summed E-state index contributed by atoms with van der Waals surface area (Å²) in [6, 6.07) is 15.8. The molecule has 1 heterocycles. The molecule has 190 valence electrons. The fraction of sp³-hybridized carbons (Fsp3) is 0.240. The number of hydrogen-bond acceptors (Lipinski definition) is 8. The van der Waals surface area contributed by atoms with Crippen molar-refractivity contribution in [1.82, 2.24) is 9.79 Å². The summed E-state index contributed by atoms with van der Waals surface area (Å²) in [5.74, 6) is 1.07. The number of rotatable bonds is 9. The summed E-state index contributed by atoms with van der Waals surface area (Å²) in [7, 11) is -0.975. The van der Waals surface area contributed by atoms with Crippen LogP contribution in [0.4, 0.5) is 0 Å². The molecule has 1 N–H and O–H groups in total. The molecule has 0 spiro atoms. The second-order valence-electron chi connectivity index (χ2n) is 7.90. The number of hydroxylamine groups is 1. The Labute approximate surface area is 209 Å². The van der Waals surface area contributed by atoms with Gasteiger partial charge in [-0.3, -0.25) is 4.79 Å². The van der Waals surface area contributed by atoms with E-state index >= 15 is 0 Å². The van der Waals surface area contributed by atoms with E-state index in [-0.39, 0.29) is 23.5 Å². The smallest absolute Gasteiger partial charge is 0.243 e. The molecule has 3 aromatic rings. The number of carbonyl (C=O) groups is 1. The Morgan fingerprint density at radius 1 is 0.889 bits per heavy atom. The van der Waals surface area contributed by atoms with E-state index in [0.717, 1.165) is 0 Å². The average molecular weight is 514 g/mol. The molecule has 1 aliphatic heterocycles. The molecule has 1 amide bonds. The molecule has 0 saturated carbocycles. The van der Waals surface area contributed by atoms with Gasteiger partial charge in [0.2, 0.25) is 15.9 Å². The standard InChI is InChI=1S/C25H25N2O8S/c1-32-21-9-5-18(13-23(21)33-2)16-27(15-17-3-6-19(7-4-17)25(28)26-29)36(30,31)20-8-10-22-24(14-20)35-12-11-34-22/h3-10,13-14H,11-12,15-16H2,1-2H3,(H-,26,28,29)/q-1. The molecular weight excluding hydrogens is 488 g/mol. The van der Waals surface area contributed by atoms with Crippen molar-refractivity contribution >= 4 is 15.9 Å². The van der Waals surface area contributed by atoms with E-state index in [4.69, 9.17) is 18.9 Å². The van der Waals surface area contributed by atoms with Crippen LogP contribution in [0.15, 0.2) is 65.6 Å². The highest BCUT2D eigenvalue weighted by Crippen LogP contribution is 2.34. The van der Waals surface area contributed by atoms with E-state index in [1.807, 2.05) is 0 Å². The number of sulfonamides is 1. The third kappa shape index (κ3) is 5.38. The van der Waals surface area contributed by atoms with Gasteiger partial charge in [-0.1, -0.05) is 18.2 Å². The van der Waals surface area contributed by atoms with Crippen molar-refractivity contribution in [2.24, 2.45) is 0 Å². The van der Waals surface area contributed by atoms with E-state index in [0.29, 0.717) is 47.3 Å². The van der Waals surface area contributed by atoms with Crippen LogP contribution in [-0.2, 0) is 23.1 Å². The van der Waals surface area contributed by atoms with E-state index < -0.39 is 15.9 Å². The maximum atomic E-state index is 13.8. The Kier molecular flexibility index (Phi) is 7.63. The molecule has 0 fully saturated rings. The first-order chi connectivity index (χ1) is 17.3. The van der Waals surface area contributed by atoms with Crippen LogP contribution in [-0.4, -0.2) is 46.1 Å². The lowest BCUT2D eigenvalue weighted by Gasteiger charge is -2.24. The van der Waals surface area contributed by atoms with Crippen LogP contribution in [0.1, 0.15) is 21.5 Å². The van der Waals surface area contributed by atoms with Gasteiger partial charge in [-0.2, -0.15) is 4.31 Å². The third-order valence-electron chi connectivity index (χ3n) is 5.63. The maximum Gasteiger partial charge on any atom is 0.243 e. The molecule has 10 nitrogen and oxygen atoms in total. The van der Waals surface area contributed by atoms with Crippen molar-refractivity contribution in [3.8, 4) is 23.0 Å². The van der Waals surface area contributed by atoms with Gasteiger partial charge in [-0.05, 0) is 47.5 Å². The fourth-order valence-corrected chi connectivity index (χ4v) is 5.20. The molecule has 11 heteroatoms. The monoisotopic (exact) mass is 513 g/mol. The summed E-state index contributed by atoms with van der Waals surface area (Å²) in [6.45, 7) is 0.754. The molecular formula is C25H25N2O8S-. The van der Waals surface area contributed by atoms with E-state index in [1.165, 1.54) is 48.3 Å². The van der Waals surface area contributed by atoms with Gasteiger partial charge < -0.3 is 29.6 Å². The van der Waals surface area contributed by atoms with Crippen molar-refractivity contribution in [1.29, 1.82) is 0 Å². The molecule has 0 bridgehead atoms. The normalized spacial score (nSPS) is 12.8. The summed E-state index contributed by atoms with van der Waals surface area (Å²) >= 11 is 0. The molecule has 0 unspecified atom stereocenters. The first kappa shape index (κ1) is 25.3. The van der Waals surface area contributed by atoms with Crippen molar-refractivity contribution in [2.75, 3.05) is 27.4 Å². The Hall–Kier alpha value is -3.80. The highest BCUT2D eigenvalue weighted by molar-refractivity contribution is 7.89. The number of hydrogen-bond donors (Lipinski definition) is 1. The molecule has 0 aromatic heterocycles. The van der Waals surface area contributed by atoms with Gasteiger partial charge in [-0.25, -0.2) is 8.42 Å². The van der Waals surface area contributed by atoms with Gasteiger partial charge in [-0.15, -0.1) is 0 Å². The Morgan fingerprint density at radius 2 is 1.53 bits per heavy atom. The van der Waals surface area contributed by atoms with Crippen LogP contribution in [0.3, 0.4) is 0 Å².